The van der Waals surface area contributed by atoms with Gasteiger partial charge in [0.15, 0.2) is 5.13 Å². The van der Waals surface area contributed by atoms with Crippen LogP contribution in [0, 0.1) is 17.1 Å². The van der Waals surface area contributed by atoms with E-state index in [9.17, 15) is 14.4 Å². The van der Waals surface area contributed by atoms with Crippen LogP contribution in [0.3, 0.4) is 0 Å². The van der Waals surface area contributed by atoms with E-state index in [0.29, 0.717) is 33.5 Å². The molecule has 0 N–H and O–H groups in total. The largest absolute Gasteiger partial charge is 0.305 e. The minimum atomic E-state index is -0.345. The first-order chi connectivity index (χ1) is 17.5. The van der Waals surface area contributed by atoms with E-state index < -0.39 is 0 Å². The van der Waals surface area contributed by atoms with Gasteiger partial charge < -0.3 is 9.69 Å². The molecule has 1 aromatic carbocycles. The summed E-state index contributed by atoms with van der Waals surface area (Å²) in [5.74, 6) is 0.958. The molecule has 0 bridgehead atoms. The normalized spacial score (nSPS) is 10.9. The lowest BCUT2D eigenvalue weighted by molar-refractivity contribution is -0.107. The monoisotopic (exact) mass is 497 g/mol. The Bertz CT molecular complexity index is 1600. The number of aldehydes is 1. The number of carbonyl (C=O) groups excluding carboxylic acids is 1. The van der Waals surface area contributed by atoms with Gasteiger partial charge in [0, 0.05) is 42.3 Å². The van der Waals surface area contributed by atoms with Gasteiger partial charge in [-0.15, -0.1) is 0 Å². The van der Waals surface area contributed by atoms with Gasteiger partial charge in [0.1, 0.15) is 46.0 Å². The van der Waals surface area contributed by atoms with Gasteiger partial charge in [0.2, 0.25) is 0 Å². The highest BCUT2D eigenvalue weighted by Gasteiger charge is 2.22. The zero-order chi connectivity index (χ0) is 25.2. The van der Waals surface area contributed by atoms with E-state index in [0.717, 1.165) is 34.6 Å². The number of fused-ring (bicyclic) bond motifs is 1. The van der Waals surface area contributed by atoms with Gasteiger partial charge in [-0.3, -0.25) is 4.40 Å². The van der Waals surface area contributed by atoms with Crippen LogP contribution in [-0.2, 0) is 17.6 Å². The summed E-state index contributed by atoms with van der Waals surface area (Å²) in [6, 6.07) is 12.1. The van der Waals surface area contributed by atoms with E-state index in [1.807, 2.05) is 41.6 Å². The number of pyridine rings is 1. The second-order valence-electron chi connectivity index (χ2n) is 7.99. The summed E-state index contributed by atoms with van der Waals surface area (Å²) in [4.78, 5) is 31.2. The van der Waals surface area contributed by atoms with E-state index in [2.05, 4.69) is 16.0 Å². The third kappa shape index (κ3) is 4.21. The van der Waals surface area contributed by atoms with Gasteiger partial charge in [-0.05, 0) is 42.8 Å². The maximum atomic E-state index is 13.4. The Morgan fingerprint density at radius 3 is 2.47 bits per heavy atom. The van der Waals surface area contributed by atoms with Crippen molar-refractivity contribution < 1.29 is 9.18 Å². The molecule has 4 heterocycles. The number of thiazole rings is 1. The van der Waals surface area contributed by atoms with Crippen molar-refractivity contribution in [1.82, 2.24) is 24.3 Å². The van der Waals surface area contributed by atoms with Gasteiger partial charge in [-0.1, -0.05) is 18.3 Å². The minimum Gasteiger partial charge on any atom is -0.305 e. The smallest absolute Gasteiger partial charge is 0.192 e. The number of halogens is 1. The van der Waals surface area contributed by atoms with Crippen molar-refractivity contribution >= 4 is 34.2 Å². The summed E-state index contributed by atoms with van der Waals surface area (Å²) in [5.41, 5.74) is 4.55. The highest BCUT2D eigenvalue weighted by atomic mass is 32.1. The van der Waals surface area contributed by atoms with Crippen molar-refractivity contribution in [2.75, 3.05) is 11.9 Å². The highest BCUT2D eigenvalue weighted by Crippen LogP contribution is 2.37. The second-order valence-corrected chi connectivity index (χ2v) is 8.97. The van der Waals surface area contributed by atoms with Crippen molar-refractivity contribution in [1.29, 1.82) is 5.26 Å². The fraction of sp³-hybridized carbons (Fsp3) is 0.154. The van der Waals surface area contributed by atoms with Crippen molar-refractivity contribution in [2.45, 2.75) is 19.8 Å². The number of hydrogen-bond donors (Lipinski definition) is 0. The molecule has 4 aromatic heterocycles. The molecule has 0 amide bonds. The summed E-state index contributed by atoms with van der Waals surface area (Å²) in [5, 5.41) is 10.3. The van der Waals surface area contributed by atoms with Gasteiger partial charge in [-0.2, -0.15) is 5.26 Å². The topological polar surface area (TPSA) is 100 Å². The Kier molecular flexibility index (Phi) is 6.23. The quantitative estimate of drug-likeness (QED) is 0.292. The molecule has 0 radical (unpaired) electrons. The molecule has 5 rings (SSSR count). The van der Waals surface area contributed by atoms with Gasteiger partial charge >= 0.3 is 0 Å². The van der Waals surface area contributed by atoms with Gasteiger partial charge in [0.05, 0.1) is 12.1 Å². The van der Waals surface area contributed by atoms with Gasteiger partial charge in [0.25, 0.3) is 0 Å². The molecule has 0 spiro atoms. The summed E-state index contributed by atoms with van der Waals surface area (Å²) >= 11 is 1.27. The third-order valence-corrected chi connectivity index (χ3v) is 6.78. The van der Waals surface area contributed by atoms with Crippen LogP contribution in [0.15, 0.2) is 55.0 Å². The number of aryl methyl sites for hydroxylation is 1. The van der Waals surface area contributed by atoms with Crippen molar-refractivity contribution in [3.63, 3.8) is 0 Å². The molecule has 178 valence electrons. The molecule has 0 unspecified atom stereocenters. The van der Waals surface area contributed by atoms with Crippen LogP contribution in [-0.4, -0.2) is 37.7 Å². The van der Waals surface area contributed by atoms with E-state index in [1.54, 1.807) is 24.5 Å². The molecule has 0 saturated carbocycles. The highest BCUT2D eigenvalue weighted by molar-refractivity contribution is 7.16. The predicted molar refractivity (Wildman–Crippen MR) is 136 cm³/mol. The fourth-order valence-corrected chi connectivity index (χ4v) is 4.80. The van der Waals surface area contributed by atoms with Crippen LogP contribution >= 0.6 is 11.3 Å². The molecule has 0 aliphatic heterocycles. The first-order valence-electron chi connectivity index (χ1n) is 11.2. The van der Waals surface area contributed by atoms with E-state index in [4.69, 9.17) is 9.97 Å². The van der Waals surface area contributed by atoms with E-state index in [-0.39, 0.29) is 12.2 Å². The van der Waals surface area contributed by atoms with Crippen LogP contribution in [0.5, 0.6) is 0 Å². The van der Waals surface area contributed by atoms with Crippen molar-refractivity contribution in [3.05, 3.63) is 77.2 Å². The zero-order valence-electron chi connectivity index (χ0n) is 19.5. The number of imidazole rings is 1. The Labute approximate surface area is 210 Å². The lowest BCUT2D eigenvalue weighted by Gasteiger charge is -2.17. The predicted octanol–water partition coefficient (Wildman–Crippen LogP) is 5.00. The Hall–Kier alpha value is -4.49. The standard InChI is InChI=1S/C26H20FN7OS/c1-3-20-25(33(2)26-32-24(21(12-28)36-26)16-4-7-19(27)8-5-16)34-15-17(6-9-23(34)31-20)18-13-29-22(10-11-35)30-14-18/h4-9,11,13-15H,3,10H2,1-2H3. The number of aromatic nitrogens is 5. The number of benzene rings is 1. The van der Waals surface area contributed by atoms with Crippen LogP contribution in [0.25, 0.3) is 28.0 Å². The van der Waals surface area contributed by atoms with Crippen LogP contribution in [0.1, 0.15) is 23.3 Å². The van der Waals surface area contributed by atoms with Gasteiger partial charge in [-0.25, -0.2) is 24.3 Å². The molecule has 5 aromatic rings. The molecule has 36 heavy (non-hydrogen) atoms. The Morgan fingerprint density at radius 2 is 1.81 bits per heavy atom. The first kappa shape index (κ1) is 23.3. The Morgan fingerprint density at radius 1 is 1.08 bits per heavy atom. The average Bonchev–Trinajstić information content (AvgIpc) is 3.50. The molecular formula is C26H20FN7OS. The maximum absolute atomic E-state index is 13.4. The number of carbonyl (C=O) groups is 1. The average molecular weight is 498 g/mol. The SMILES string of the molecule is CCc1nc2ccc(-c3cnc(CC=O)nc3)cn2c1N(C)c1nc(-c2ccc(F)cc2)c(C#N)s1. The number of nitriles is 1. The lowest BCUT2D eigenvalue weighted by atomic mass is 10.1. The second kappa shape index (κ2) is 9.64. The third-order valence-electron chi connectivity index (χ3n) is 5.74. The summed E-state index contributed by atoms with van der Waals surface area (Å²) in [6.07, 6.45) is 7.01. The van der Waals surface area contributed by atoms with Crippen LogP contribution in [0.4, 0.5) is 15.3 Å². The Balaban J connectivity index is 1.58. The number of anilines is 2. The molecule has 10 heteroatoms. The lowest BCUT2D eigenvalue weighted by Crippen LogP contribution is -2.13. The molecule has 0 fully saturated rings. The molecule has 0 aliphatic carbocycles. The molecular weight excluding hydrogens is 477 g/mol. The summed E-state index contributed by atoms with van der Waals surface area (Å²) in [6.45, 7) is 2.03. The fourth-order valence-electron chi connectivity index (χ4n) is 3.95. The summed E-state index contributed by atoms with van der Waals surface area (Å²) in [7, 11) is 1.89. The molecule has 8 nitrogen and oxygen atoms in total. The van der Waals surface area contributed by atoms with Crippen molar-refractivity contribution in [3.8, 4) is 28.5 Å². The zero-order valence-corrected chi connectivity index (χ0v) is 20.3. The van der Waals surface area contributed by atoms with Crippen LogP contribution in [0.2, 0.25) is 0 Å². The molecule has 0 atom stereocenters. The van der Waals surface area contributed by atoms with E-state index >= 15 is 0 Å². The maximum Gasteiger partial charge on any atom is 0.192 e. The minimum absolute atomic E-state index is 0.175. The molecule has 0 saturated heterocycles. The number of hydrogen-bond acceptors (Lipinski definition) is 8. The van der Waals surface area contributed by atoms with E-state index in [1.165, 1.54) is 23.5 Å². The first-order valence-corrected chi connectivity index (χ1v) is 12.0. The summed E-state index contributed by atoms with van der Waals surface area (Å²) < 4.78 is 15.4. The number of rotatable bonds is 7. The van der Waals surface area contributed by atoms with Crippen molar-refractivity contribution in [2.24, 2.45) is 0 Å². The molecule has 0 aliphatic rings. The number of nitrogens with zero attached hydrogens (tertiary/aromatic N) is 7. The van der Waals surface area contributed by atoms with Crippen LogP contribution < -0.4 is 4.90 Å².